The lowest BCUT2D eigenvalue weighted by Crippen LogP contribution is -2.45. The summed E-state index contributed by atoms with van der Waals surface area (Å²) in [5.41, 5.74) is 5.23. The van der Waals surface area contributed by atoms with Crippen molar-refractivity contribution < 1.29 is 38.6 Å². The predicted molar refractivity (Wildman–Crippen MR) is 176 cm³/mol. The topological polar surface area (TPSA) is 183 Å². The molecule has 2 amide bonds. The molecule has 0 aliphatic carbocycles. The first-order valence-electron chi connectivity index (χ1n) is 14.0. The molecule has 4 rings (SSSR count). The van der Waals surface area contributed by atoms with Crippen LogP contribution in [0, 0.1) is 13.7 Å². The van der Waals surface area contributed by atoms with Crippen molar-refractivity contribution in [2.45, 2.75) is 32.7 Å². The number of aliphatic hydroxyl groups is 1. The van der Waals surface area contributed by atoms with Gasteiger partial charge < -0.3 is 34.7 Å². The van der Waals surface area contributed by atoms with Crippen LogP contribution in [0.3, 0.4) is 0 Å². The Kier molecular flexibility index (Phi) is 11.7. The fraction of sp³-hybridized carbons (Fsp3) is 0.258. The van der Waals surface area contributed by atoms with Gasteiger partial charge in [0.05, 0.1) is 40.0 Å². The van der Waals surface area contributed by atoms with Crippen LogP contribution in [0.15, 0.2) is 77.0 Å². The van der Waals surface area contributed by atoms with E-state index < -0.39 is 29.2 Å². The van der Waals surface area contributed by atoms with E-state index in [0.29, 0.717) is 40.7 Å². The number of rotatable bonds is 14. The first kappa shape index (κ1) is 34.0. The predicted octanol–water partition coefficient (Wildman–Crippen LogP) is 4.30. The Bertz CT molecular complexity index is 1660. The van der Waals surface area contributed by atoms with Gasteiger partial charge in [-0.2, -0.15) is 5.10 Å². The summed E-state index contributed by atoms with van der Waals surface area (Å²) in [5, 5.41) is 30.8. The van der Waals surface area contributed by atoms with Gasteiger partial charge in [0, 0.05) is 17.8 Å². The van der Waals surface area contributed by atoms with Crippen LogP contribution in [0.1, 0.15) is 36.6 Å². The maximum absolute atomic E-state index is 12.4. The number of esters is 1. The Morgan fingerprint density at radius 3 is 2.63 bits per heavy atom. The van der Waals surface area contributed by atoms with Crippen LogP contribution in [0.4, 0.5) is 10.5 Å². The van der Waals surface area contributed by atoms with Crippen LogP contribution >= 0.6 is 22.6 Å². The molecule has 0 spiro atoms. The van der Waals surface area contributed by atoms with Crippen LogP contribution in [-0.4, -0.2) is 54.8 Å². The number of hydrogen-bond donors (Lipinski definition) is 4. The molecule has 46 heavy (non-hydrogen) atoms. The summed E-state index contributed by atoms with van der Waals surface area (Å²) < 4.78 is 23.1. The third-order valence-electron chi connectivity index (χ3n) is 6.58. The number of allylic oxidation sites excluding steroid dienone is 1. The molecule has 1 aliphatic rings. The second-order valence-electron chi connectivity index (χ2n) is 9.82. The molecule has 1 heterocycles. The molecule has 0 fully saturated rings. The largest absolute Gasteiger partial charge is 0.490 e. The number of non-ortho nitro benzene ring substituents is 1. The molecule has 3 aromatic rings. The molecule has 0 unspecified atom stereocenters. The lowest BCUT2D eigenvalue weighted by molar-refractivity contribution is -0.384. The Labute approximate surface area is 278 Å². The number of halogens is 1. The third-order valence-corrected chi connectivity index (χ3v) is 7.42. The molecule has 14 nitrogen and oxygen atoms in total. The van der Waals surface area contributed by atoms with Gasteiger partial charge in [0.15, 0.2) is 17.7 Å². The van der Waals surface area contributed by atoms with Crippen molar-refractivity contribution in [3.05, 3.63) is 102 Å². The number of hydrogen-bond acceptors (Lipinski definition) is 11. The van der Waals surface area contributed by atoms with E-state index in [4.69, 9.17) is 18.9 Å². The van der Waals surface area contributed by atoms with E-state index in [1.54, 1.807) is 56.3 Å². The van der Waals surface area contributed by atoms with Gasteiger partial charge in [-0.1, -0.05) is 18.2 Å². The second-order valence-corrected chi connectivity index (χ2v) is 11.0. The average molecular weight is 746 g/mol. The van der Waals surface area contributed by atoms with Crippen molar-refractivity contribution >= 4 is 46.5 Å². The highest BCUT2D eigenvalue weighted by atomic mass is 127. The first-order valence-corrected chi connectivity index (χ1v) is 15.1. The van der Waals surface area contributed by atoms with Crippen LogP contribution in [0.2, 0.25) is 0 Å². The Balaban J connectivity index is 1.34. The molecule has 1 aliphatic heterocycles. The summed E-state index contributed by atoms with van der Waals surface area (Å²) in [7, 11) is 1.27. The molecule has 2 atom stereocenters. The second kappa shape index (κ2) is 15.9. The zero-order chi connectivity index (χ0) is 33.2. The van der Waals surface area contributed by atoms with E-state index in [9.17, 15) is 24.8 Å². The molecule has 3 aromatic carbocycles. The van der Waals surface area contributed by atoms with Crippen molar-refractivity contribution in [1.82, 2.24) is 16.1 Å². The molecule has 0 radical (unpaired) electrons. The highest BCUT2D eigenvalue weighted by Gasteiger charge is 2.32. The number of urea groups is 1. The molecule has 0 aromatic heterocycles. The van der Waals surface area contributed by atoms with Crippen LogP contribution in [0.5, 0.6) is 17.2 Å². The fourth-order valence-corrected chi connectivity index (χ4v) is 5.15. The quantitative estimate of drug-likeness (QED) is 0.0464. The highest BCUT2D eigenvalue weighted by molar-refractivity contribution is 14.1. The number of ether oxygens (including phenoxy) is 4. The minimum atomic E-state index is -1.16. The third kappa shape index (κ3) is 8.85. The normalized spacial score (nSPS) is 15.1. The number of methoxy groups -OCH3 is 1. The summed E-state index contributed by atoms with van der Waals surface area (Å²) in [6.07, 6.45) is 0.361. The van der Waals surface area contributed by atoms with E-state index in [-0.39, 0.29) is 24.5 Å². The van der Waals surface area contributed by atoms with Crippen molar-refractivity contribution in [1.29, 1.82) is 0 Å². The van der Waals surface area contributed by atoms with Crippen molar-refractivity contribution in [3.63, 3.8) is 0 Å². The van der Waals surface area contributed by atoms with E-state index in [1.807, 2.05) is 6.07 Å². The molecular formula is C31H32IN5O9. The van der Waals surface area contributed by atoms with Gasteiger partial charge in [-0.25, -0.2) is 9.59 Å². The van der Waals surface area contributed by atoms with Crippen molar-refractivity contribution in [2.24, 2.45) is 5.10 Å². The monoisotopic (exact) mass is 745 g/mol. The minimum absolute atomic E-state index is 0.00211. The van der Waals surface area contributed by atoms with Gasteiger partial charge in [0.2, 0.25) is 0 Å². The summed E-state index contributed by atoms with van der Waals surface area (Å²) >= 11 is 2.12. The Morgan fingerprint density at radius 1 is 1.13 bits per heavy atom. The number of nitrogens with one attached hydrogen (secondary N) is 3. The summed E-state index contributed by atoms with van der Waals surface area (Å²) in [6, 6.07) is 15.4. The molecule has 0 saturated heterocycles. The lowest BCUT2D eigenvalue weighted by atomic mass is 9.95. The zero-order valence-electron chi connectivity index (χ0n) is 25.1. The van der Waals surface area contributed by atoms with E-state index in [2.05, 4.69) is 43.8 Å². The summed E-state index contributed by atoms with van der Waals surface area (Å²) in [5.74, 6) is 0.719. The maximum atomic E-state index is 12.4. The van der Waals surface area contributed by atoms with Gasteiger partial charge in [-0.3, -0.25) is 15.5 Å². The lowest BCUT2D eigenvalue weighted by Gasteiger charge is -2.28. The number of nitro groups is 1. The van der Waals surface area contributed by atoms with Gasteiger partial charge in [0.1, 0.15) is 19.0 Å². The van der Waals surface area contributed by atoms with Gasteiger partial charge in [0.25, 0.3) is 5.69 Å². The van der Waals surface area contributed by atoms with E-state index in [1.165, 1.54) is 25.5 Å². The van der Waals surface area contributed by atoms with Crippen molar-refractivity contribution in [2.75, 3.05) is 20.3 Å². The molecule has 4 N–H and O–H groups in total. The van der Waals surface area contributed by atoms with E-state index >= 15 is 0 Å². The molecule has 0 saturated carbocycles. The molecular weight excluding hydrogens is 713 g/mol. The number of carbonyl (C=O) groups is 2. The Hall–Kier alpha value is -4.90. The smallest absolute Gasteiger partial charge is 0.337 e. The maximum Gasteiger partial charge on any atom is 0.337 e. The number of hydrazone groups is 1. The number of nitrogens with zero attached hydrogens (tertiary/aromatic N) is 2. The standard InChI is InChI=1S/C31H32IN5O9/c1-4-44-26-14-21(29-28(30(39)43-3)18(2)34-31(40)35-29)9-11-25(26)46-17-27(38)36-33-15-19-8-10-24(23(32)13-19)45-16-20-6-5-7-22(12-20)37(41)42/h5-15,27,29,36,38H,4,16-17H2,1-3H3,(H2,34,35,40)/b33-15-/t27-,29+/m0/s1. The number of nitro benzene ring substituents is 1. The number of aliphatic hydroxyl groups excluding tert-OH is 1. The van der Waals surface area contributed by atoms with Crippen LogP contribution < -0.4 is 30.3 Å². The zero-order valence-corrected chi connectivity index (χ0v) is 27.3. The molecule has 242 valence electrons. The minimum Gasteiger partial charge on any atom is -0.490 e. The van der Waals surface area contributed by atoms with Crippen LogP contribution in [0.25, 0.3) is 0 Å². The summed E-state index contributed by atoms with van der Waals surface area (Å²) in [6.45, 7) is 3.74. The fourth-order valence-electron chi connectivity index (χ4n) is 4.46. The molecule has 0 bridgehead atoms. The van der Waals surface area contributed by atoms with Gasteiger partial charge in [-0.05, 0) is 83.5 Å². The number of amides is 2. The van der Waals surface area contributed by atoms with E-state index in [0.717, 1.165) is 9.13 Å². The highest BCUT2D eigenvalue weighted by Crippen LogP contribution is 2.35. The first-order chi connectivity index (χ1) is 22.1. The Morgan fingerprint density at radius 2 is 1.91 bits per heavy atom. The van der Waals surface area contributed by atoms with Gasteiger partial charge in [-0.15, -0.1) is 0 Å². The van der Waals surface area contributed by atoms with Gasteiger partial charge >= 0.3 is 12.0 Å². The molecule has 15 heteroatoms. The summed E-state index contributed by atoms with van der Waals surface area (Å²) in [4.78, 5) is 35.1. The van der Waals surface area contributed by atoms with Crippen LogP contribution in [-0.2, 0) is 16.1 Å². The average Bonchev–Trinajstić information content (AvgIpc) is 3.03. The van der Waals surface area contributed by atoms with Crippen molar-refractivity contribution in [3.8, 4) is 17.2 Å². The number of benzene rings is 3. The SMILES string of the molecule is CCOc1cc([C@H]2NC(=O)NC(C)=C2C(=O)OC)ccc1OC[C@H](O)N/N=C\c1ccc(OCc2cccc([N+](=O)[O-])c2)c(I)c1. The number of carbonyl (C=O) groups excluding carboxylic acids is 2.